The van der Waals surface area contributed by atoms with Gasteiger partial charge in [-0.2, -0.15) is 0 Å². The molecule has 0 aliphatic heterocycles. The summed E-state index contributed by atoms with van der Waals surface area (Å²) in [6.45, 7) is 16.6. The van der Waals surface area contributed by atoms with Crippen molar-refractivity contribution in [2.24, 2.45) is 45.3 Å². The third-order valence-electron chi connectivity index (χ3n) is 13.4. The van der Waals surface area contributed by atoms with Crippen LogP contribution in [0.1, 0.15) is 116 Å². The molecule has 0 saturated heterocycles. The van der Waals surface area contributed by atoms with Crippen molar-refractivity contribution in [3.8, 4) is 0 Å². The molecule has 1 aromatic rings. The molecule has 6 heteroatoms. The van der Waals surface area contributed by atoms with Crippen LogP contribution < -0.4 is 5.32 Å². The van der Waals surface area contributed by atoms with Crippen LogP contribution in [0, 0.1) is 45.3 Å². The van der Waals surface area contributed by atoms with E-state index in [1.54, 1.807) is 6.20 Å². The molecule has 6 rings (SSSR count). The third kappa shape index (κ3) is 3.55. The minimum absolute atomic E-state index is 0.0564. The molecular formula is C33H48N2O3S. The molecule has 0 aromatic carbocycles. The SMILES string of the molecule is CC(C)C1=C2[C@H]3CC[C@@H]4[C@@]5(C)CC[C@H](O)C(C)(C)[C@@H]5CC[C@@]4(C)[C@]3(C)CC[C@@]2(NC(=O)c2nccs2)CC1=O. The quantitative estimate of drug-likeness (QED) is 0.425. The Balaban J connectivity index is 1.42. The first-order valence-electron chi connectivity index (χ1n) is 15.4. The van der Waals surface area contributed by atoms with E-state index in [-0.39, 0.29) is 45.4 Å². The second-order valence-electron chi connectivity index (χ2n) is 15.4. The highest BCUT2D eigenvalue weighted by Gasteiger charge is 2.70. The third-order valence-corrected chi connectivity index (χ3v) is 14.2. The van der Waals surface area contributed by atoms with E-state index in [9.17, 15) is 14.7 Å². The minimum atomic E-state index is -0.579. The number of aliphatic hydroxyl groups is 1. The van der Waals surface area contributed by atoms with Gasteiger partial charge in [-0.05, 0) is 108 Å². The Morgan fingerprint density at radius 3 is 2.41 bits per heavy atom. The first kappa shape index (κ1) is 27.6. The molecule has 5 aliphatic carbocycles. The number of rotatable bonds is 3. The van der Waals surface area contributed by atoms with Crippen LogP contribution in [0.25, 0.3) is 0 Å². The second-order valence-corrected chi connectivity index (χ2v) is 16.3. The highest BCUT2D eigenvalue weighted by Crippen LogP contribution is 2.75. The van der Waals surface area contributed by atoms with Crippen molar-refractivity contribution in [3.05, 3.63) is 27.7 Å². The zero-order valence-electron chi connectivity index (χ0n) is 25.0. The van der Waals surface area contributed by atoms with Gasteiger partial charge in [-0.25, -0.2) is 4.98 Å². The van der Waals surface area contributed by atoms with Crippen LogP contribution >= 0.6 is 11.3 Å². The van der Waals surface area contributed by atoms with Crippen LogP contribution in [0.5, 0.6) is 0 Å². The molecule has 0 spiro atoms. The van der Waals surface area contributed by atoms with E-state index in [4.69, 9.17) is 0 Å². The molecule has 0 radical (unpaired) electrons. The van der Waals surface area contributed by atoms with Gasteiger partial charge in [-0.15, -0.1) is 11.3 Å². The maximum absolute atomic E-state index is 13.7. The van der Waals surface area contributed by atoms with Crippen molar-refractivity contribution in [2.45, 2.75) is 118 Å². The van der Waals surface area contributed by atoms with E-state index >= 15 is 0 Å². The zero-order valence-corrected chi connectivity index (χ0v) is 25.8. The average molecular weight is 553 g/mol. The fourth-order valence-corrected chi connectivity index (χ4v) is 11.9. The maximum Gasteiger partial charge on any atom is 0.280 e. The number of hydrogen-bond acceptors (Lipinski definition) is 5. The summed E-state index contributed by atoms with van der Waals surface area (Å²) in [6.07, 6.45) is 10.3. The van der Waals surface area contributed by atoms with Crippen molar-refractivity contribution in [1.29, 1.82) is 0 Å². The Bertz CT molecular complexity index is 1220. The maximum atomic E-state index is 13.7. The number of hydrogen-bond donors (Lipinski definition) is 2. The number of aliphatic hydroxyl groups excluding tert-OH is 1. The summed E-state index contributed by atoms with van der Waals surface area (Å²) in [7, 11) is 0. The van der Waals surface area contributed by atoms with Gasteiger partial charge in [0.25, 0.3) is 5.91 Å². The number of thiazole rings is 1. The van der Waals surface area contributed by atoms with Gasteiger partial charge in [0.2, 0.25) is 0 Å². The Labute approximate surface area is 238 Å². The molecular weight excluding hydrogens is 504 g/mol. The van der Waals surface area contributed by atoms with E-state index in [1.165, 1.54) is 23.3 Å². The van der Waals surface area contributed by atoms with Crippen LogP contribution in [0.3, 0.4) is 0 Å². The number of carbonyl (C=O) groups is 2. The predicted molar refractivity (Wildman–Crippen MR) is 155 cm³/mol. The number of nitrogens with one attached hydrogen (secondary N) is 1. The Kier molecular flexibility index (Phi) is 6.19. The standard InChI is InChI=1S/C33H48N2O3S/c1-19(2)25-21(36)18-33(35-27(38)28-34-16-17-39-28)15-14-31(6)20(26(25)33)8-9-23-30(5)12-11-24(37)29(3,4)22(30)10-13-32(23,31)7/h16-17,19-20,22-24,37H,8-15,18H2,1-7H3,(H,35,38)/t20-,22+,23-,24+,30+,31-,32-,33-/m1/s1. The molecule has 5 aliphatic rings. The lowest BCUT2D eigenvalue weighted by molar-refractivity contribution is -0.226. The summed E-state index contributed by atoms with van der Waals surface area (Å²) in [4.78, 5) is 31.4. The first-order valence-corrected chi connectivity index (χ1v) is 16.3. The van der Waals surface area contributed by atoms with Crippen molar-refractivity contribution in [3.63, 3.8) is 0 Å². The number of nitrogens with zero attached hydrogens (tertiary/aromatic N) is 1. The van der Waals surface area contributed by atoms with Gasteiger partial charge in [0.05, 0.1) is 11.6 Å². The monoisotopic (exact) mass is 552 g/mol. The van der Waals surface area contributed by atoms with Crippen LogP contribution in [0.15, 0.2) is 22.7 Å². The average Bonchev–Trinajstić information content (AvgIpc) is 3.49. The van der Waals surface area contributed by atoms with Gasteiger partial charge >= 0.3 is 0 Å². The fourth-order valence-electron chi connectivity index (χ4n) is 11.3. The Hall–Kier alpha value is -1.53. The van der Waals surface area contributed by atoms with Gasteiger partial charge < -0.3 is 10.4 Å². The summed E-state index contributed by atoms with van der Waals surface area (Å²) in [5.74, 6) is 1.68. The summed E-state index contributed by atoms with van der Waals surface area (Å²) in [5, 5.41) is 16.7. The Morgan fingerprint density at radius 1 is 1.00 bits per heavy atom. The second kappa shape index (κ2) is 8.74. The van der Waals surface area contributed by atoms with Crippen molar-refractivity contribution in [1.82, 2.24) is 10.3 Å². The van der Waals surface area contributed by atoms with Gasteiger partial charge in [0.1, 0.15) is 0 Å². The van der Waals surface area contributed by atoms with E-state index in [0.717, 1.165) is 50.5 Å². The number of fused-ring (bicyclic) bond motifs is 7. The molecule has 4 fully saturated rings. The molecule has 1 amide bonds. The van der Waals surface area contributed by atoms with E-state index in [0.29, 0.717) is 29.2 Å². The zero-order chi connectivity index (χ0) is 28.2. The van der Waals surface area contributed by atoms with Gasteiger partial charge in [0.15, 0.2) is 10.8 Å². The lowest BCUT2D eigenvalue weighted by Crippen LogP contribution is -2.67. The van der Waals surface area contributed by atoms with Crippen LogP contribution in [0.2, 0.25) is 0 Å². The predicted octanol–water partition coefficient (Wildman–Crippen LogP) is 6.97. The smallest absolute Gasteiger partial charge is 0.280 e. The fraction of sp³-hybridized carbons (Fsp3) is 0.788. The van der Waals surface area contributed by atoms with Crippen molar-refractivity contribution in [2.75, 3.05) is 0 Å². The highest BCUT2D eigenvalue weighted by molar-refractivity contribution is 7.11. The van der Waals surface area contributed by atoms with Crippen LogP contribution in [-0.4, -0.2) is 33.4 Å². The molecule has 8 atom stereocenters. The number of carbonyl (C=O) groups excluding carboxylic acids is 2. The first-order chi connectivity index (χ1) is 18.2. The normalized spacial score (nSPS) is 44.9. The van der Waals surface area contributed by atoms with Gasteiger partial charge in [-0.3, -0.25) is 9.59 Å². The lowest BCUT2D eigenvalue weighted by atomic mass is 9.33. The molecule has 214 valence electrons. The molecule has 1 aromatic heterocycles. The van der Waals surface area contributed by atoms with Crippen molar-refractivity contribution >= 4 is 23.0 Å². The summed E-state index contributed by atoms with van der Waals surface area (Å²) >= 11 is 1.36. The topological polar surface area (TPSA) is 79.3 Å². The molecule has 0 unspecified atom stereocenters. The number of allylic oxidation sites excluding steroid dienone is 1. The van der Waals surface area contributed by atoms with Crippen molar-refractivity contribution < 1.29 is 14.7 Å². The molecule has 2 N–H and O–H groups in total. The molecule has 4 saturated carbocycles. The number of Topliss-reactive ketones (excluding diaryl/α,β-unsaturated/α-hetero) is 1. The highest BCUT2D eigenvalue weighted by atomic mass is 32.1. The van der Waals surface area contributed by atoms with E-state index in [1.807, 2.05) is 5.38 Å². The lowest BCUT2D eigenvalue weighted by Gasteiger charge is -2.72. The molecule has 39 heavy (non-hydrogen) atoms. The summed E-state index contributed by atoms with van der Waals surface area (Å²) < 4.78 is 0. The van der Waals surface area contributed by atoms with E-state index < -0.39 is 5.54 Å². The minimum Gasteiger partial charge on any atom is -0.393 e. The largest absolute Gasteiger partial charge is 0.393 e. The summed E-state index contributed by atoms with van der Waals surface area (Å²) in [6, 6.07) is 0. The van der Waals surface area contributed by atoms with Crippen LogP contribution in [-0.2, 0) is 4.79 Å². The number of amides is 1. The Morgan fingerprint density at radius 2 is 1.74 bits per heavy atom. The molecule has 1 heterocycles. The number of aromatic nitrogens is 1. The molecule has 5 nitrogen and oxygen atoms in total. The van der Waals surface area contributed by atoms with Crippen LogP contribution in [0.4, 0.5) is 0 Å². The number of ketones is 1. The summed E-state index contributed by atoms with van der Waals surface area (Å²) in [5.41, 5.74) is 2.08. The van der Waals surface area contributed by atoms with E-state index in [2.05, 4.69) is 58.8 Å². The molecule has 0 bridgehead atoms. The van der Waals surface area contributed by atoms with Gasteiger partial charge in [0, 0.05) is 18.0 Å². The van der Waals surface area contributed by atoms with Gasteiger partial charge in [-0.1, -0.05) is 48.5 Å².